The lowest BCUT2D eigenvalue weighted by Crippen LogP contribution is -2.24. The molecule has 2 aromatic rings. The number of alkyl halides is 3. The van der Waals surface area contributed by atoms with Crippen molar-refractivity contribution >= 4 is 17.1 Å². The van der Waals surface area contributed by atoms with E-state index in [2.05, 4.69) is 6.92 Å². The molecular weight excluding hydrogens is 317 g/mol. The molecule has 2 nitrogen and oxygen atoms in total. The van der Waals surface area contributed by atoms with Crippen LogP contribution in [0.1, 0.15) is 48.5 Å². The monoisotopic (exact) mass is 336 g/mol. The highest BCUT2D eigenvalue weighted by Crippen LogP contribution is 2.42. The molecule has 0 N–H and O–H groups in total. The summed E-state index contributed by atoms with van der Waals surface area (Å²) >= 11 is 0. The summed E-state index contributed by atoms with van der Waals surface area (Å²) in [6.45, 7) is 2.15. The van der Waals surface area contributed by atoms with Crippen LogP contribution in [0, 0.1) is 5.92 Å². The van der Waals surface area contributed by atoms with Crippen LogP contribution in [-0.2, 0) is 6.18 Å². The van der Waals surface area contributed by atoms with E-state index in [0.717, 1.165) is 25.7 Å². The summed E-state index contributed by atoms with van der Waals surface area (Å²) in [5, 5.41) is 0.450. The highest BCUT2D eigenvalue weighted by molar-refractivity contribution is 5.92. The van der Waals surface area contributed by atoms with Crippen LogP contribution in [-0.4, -0.2) is 12.4 Å². The molecule has 5 heteroatoms. The largest absolute Gasteiger partial charge is 0.490 e. The highest BCUT2D eigenvalue weighted by atomic mass is 19.4. The van der Waals surface area contributed by atoms with Gasteiger partial charge >= 0.3 is 6.18 Å². The predicted molar refractivity (Wildman–Crippen MR) is 86.4 cm³/mol. The van der Waals surface area contributed by atoms with Crippen LogP contribution in [0.3, 0.4) is 0 Å². The molecule has 1 fully saturated rings. The third-order valence-corrected chi connectivity index (χ3v) is 4.68. The maximum absolute atomic E-state index is 13.7. The number of hydrogen-bond acceptors (Lipinski definition) is 2. The van der Waals surface area contributed by atoms with E-state index >= 15 is 0 Å². The molecule has 0 atom stereocenters. The first-order chi connectivity index (χ1) is 11.4. The first-order valence-corrected chi connectivity index (χ1v) is 8.14. The minimum atomic E-state index is -4.54. The number of carbonyl (C=O) groups excluding carboxylic acids is 1. The zero-order chi connectivity index (χ0) is 17.3. The molecule has 3 rings (SSSR count). The van der Waals surface area contributed by atoms with Crippen molar-refractivity contribution in [2.45, 2.75) is 44.9 Å². The van der Waals surface area contributed by atoms with Crippen LogP contribution >= 0.6 is 0 Å². The highest BCUT2D eigenvalue weighted by Gasteiger charge is 2.37. The zero-order valence-electron chi connectivity index (χ0n) is 13.4. The number of aldehydes is 1. The molecule has 0 bridgehead atoms. The number of rotatable bonds is 3. The maximum Gasteiger partial charge on any atom is 0.420 e. The second-order valence-corrected chi connectivity index (χ2v) is 6.53. The summed E-state index contributed by atoms with van der Waals surface area (Å²) in [4.78, 5) is 10.9. The van der Waals surface area contributed by atoms with Gasteiger partial charge in [-0.3, -0.25) is 4.79 Å². The summed E-state index contributed by atoms with van der Waals surface area (Å²) in [5.74, 6) is 0.455. The van der Waals surface area contributed by atoms with Crippen LogP contribution < -0.4 is 4.74 Å². The summed E-state index contributed by atoms with van der Waals surface area (Å²) in [5.41, 5.74) is -0.570. The van der Waals surface area contributed by atoms with Crippen LogP contribution in [0.15, 0.2) is 30.3 Å². The molecule has 1 saturated carbocycles. The van der Waals surface area contributed by atoms with Crippen molar-refractivity contribution in [3.8, 4) is 5.75 Å². The minimum absolute atomic E-state index is 0.00813. The summed E-state index contributed by atoms with van der Waals surface area (Å²) < 4.78 is 46.7. The molecule has 128 valence electrons. The molecule has 1 aliphatic carbocycles. The maximum atomic E-state index is 13.7. The second-order valence-electron chi connectivity index (χ2n) is 6.53. The molecule has 0 spiro atoms. The SMILES string of the molecule is CC1CCC(Oc2ccc3ccc(C=O)cc3c2C(F)(F)F)CC1. The Morgan fingerprint density at radius 3 is 2.38 bits per heavy atom. The molecule has 0 aliphatic heterocycles. The predicted octanol–water partition coefficient (Wildman–Crippen LogP) is 5.63. The number of benzene rings is 2. The van der Waals surface area contributed by atoms with Crippen molar-refractivity contribution in [3.05, 3.63) is 41.5 Å². The zero-order valence-corrected chi connectivity index (χ0v) is 13.4. The molecule has 0 unspecified atom stereocenters. The third kappa shape index (κ3) is 3.40. The van der Waals surface area contributed by atoms with Crippen LogP contribution in [0.5, 0.6) is 5.75 Å². The number of hydrogen-bond donors (Lipinski definition) is 0. The van der Waals surface area contributed by atoms with Gasteiger partial charge in [0, 0.05) is 5.56 Å². The summed E-state index contributed by atoms with van der Waals surface area (Å²) in [6, 6.07) is 7.32. The van der Waals surface area contributed by atoms with E-state index < -0.39 is 11.7 Å². The van der Waals surface area contributed by atoms with E-state index in [1.807, 2.05) is 0 Å². The number of ether oxygens (including phenoxy) is 1. The fourth-order valence-corrected chi connectivity index (χ4v) is 3.31. The molecule has 0 saturated heterocycles. The smallest absolute Gasteiger partial charge is 0.420 e. The van der Waals surface area contributed by atoms with Gasteiger partial charge in [0.2, 0.25) is 0 Å². The Bertz CT molecular complexity index is 744. The lowest BCUT2D eigenvalue weighted by atomic mass is 9.89. The number of halogens is 3. The van der Waals surface area contributed by atoms with E-state index in [9.17, 15) is 18.0 Å². The Kier molecular flexibility index (Phi) is 4.52. The van der Waals surface area contributed by atoms with E-state index in [1.165, 1.54) is 24.3 Å². The average Bonchev–Trinajstić information content (AvgIpc) is 2.55. The molecule has 0 radical (unpaired) electrons. The second kappa shape index (κ2) is 6.46. The molecule has 1 aliphatic rings. The van der Waals surface area contributed by atoms with Crippen molar-refractivity contribution < 1.29 is 22.7 Å². The number of fused-ring (bicyclic) bond motifs is 1. The van der Waals surface area contributed by atoms with E-state index in [-0.39, 0.29) is 22.8 Å². The standard InChI is InChI=1S/C19H19F3O2/c1-12-2-7-15(8-3-12)24-17-9-6-14-5-4-13(11-23)10-16(14)18(17)19(20,21)22/h4-6,9-12,15H,2-3,7-8H2,1H3. The fraction of sp³-hybridized carbons (Fsp3) is 0.421. The Labute approximate surface area is 138 Å². The van der Waals surface area contributed by atoms with E-state index in [0.29, 0.717) is 17.6 Å². The van der Waals surface area contributed by atoms with Gasteiger partial charge < -0.3 is 4.74 Å². The minimum Gasteiger partial charge on any atom is -0.490 e. The Hall–Kier alpha value is -2.04. The molecule has 0 amide bonds. The normalized spacial score (nSPS) is 21.7. The quantitative estimate of drug-likeness (QED) is 0.679. The molecule has 0 aromatic heterocycles. The molecular formula is C19H19F3O2. The van der Waals surface area contributed by atoms with Gasteiger partial charge in [-0.1, -0.05) is 25.1 Å². The van der Waals surface area contributed by atoms with Crippen molar-refractivity contribution in [1.82, 2.24) is 0 Å². The van der Waals surface area contributed by atoms with Gasteiger partial charge in [-0.15, -0.1) is 0 Å². The van der Waals surface area contributed by atoms with Gasteiger partial charge in [0.15, 0.2) is 0 Å². The first kappa shape index (κ1) is 16.8. The molecule has 0 heterocycles. The van der Waals surface area contributed by atoms with Crippen LogP contribution in [0.25, 0.3) is 10.8 Å². The van der Waals surface area contributed by atoms with E-state index in [1.54, 1.807) is 6.07 Å². The van der Waals surface area contributed by atoms with Gasteiger partial charge in [-0.05, 0) is 54.5 Å². The Morgan fingerprint density at radius 2 is 1.75 bits per heavy atom. The van der Waals surface area contributed by atoms with Gasteiger partial charge in [0.25, 0.3) is 0 Å². The van der Waals surface area contributed by atoms with Crippen LogP contribution in [0.2, 0.25) is 0 Å². The fourth-order valence-electron chi connectivity index (χ4n) is 3.31. The summed E-state index contributed by atoms with van der Waals surface area (Å²) in [6.07, 6.45) is -0.706. The average molecular weight is 336 g/mol. The van der Waals surface area contributed by atoms with Crippen molar-refractivity contribution in [3.63, 3.8) is 0 Å². The number of carbonyl (C=O) groups is 1. The molecule has 2 aromatic carbocycles. The van der Waals surface area contributed by atoms with Gasteiger partial charge in [-0.2, -0.15) is 13.2 Å². The third-order valence-electron chi connectivity index (χ3n) is 4.68. The lowest BCUT2D eigenvalue weighted by molar-refractivity contribution is -0.138. The van der Waals surface area contributed by atoms with Crippen molar-refractivity contribution in [2.75, 3.05) is 0 Å². The lowest BCUT2D eigenvalue weighted by Gasteiger charge is -2.28. The van der Waals surface area contributed by atoms with Gasteiger partial charge in [-0.25, -0.2) is 0 Å². The van der Waals surface area contributed by atoms with Crippen molar-refractivity contribution in [1.29, 1.82) is 0 Å². The Morgan fingerprint density at radius 1 is 1.08 bits per heavy atom. The van der Waals surface area contributed by atoms with Gasteiger partial charge in [0.1, 0.15) is 17.6 Å². The molecule has 24 heavy (non-hydrogen) atoms. The van der Waals surface area contributed by atoms with E-state index in [4.69, 9.17) is 4.74 Å². The first-order valence-electron chi connectivity index (χ1n) is 8.14. The topological polar surface area (TPSA) is 26.3 Å². The van der Waals surface area contributed by atoms with Crippen molar-refractivity contribution in [2.24, 2.45) is 5.92 Å². The summed E-state index contributed by atoms with van der Waals surface area (Å²) in [7, 11) is 0. The van der Waals surface area contributed by atoms with Crippen LogP contribution in [0.4, 0.5) is 13.2 Å². The van der Waals surface area contributed by atoms with Gasteiger partial charge in [0.05, 0.1) is 6.10 Å². The Balaban J connectivity index is 2.04.